The lowest BCUT2D eigenvalue weighted by molar-refractivity contribution is 0.232. The van der Waals surface area contributed by atoms with E-state index in [4.69, 9.17) is 11.6 Å². The molecule has 2 rings (SSSR count). The Bertz CT molecular complexity index is 576. The zero-order valence-electron chi connectivity index (χ0n) is 11.9. The Morgan fingerprint density at radius 2 is 1.90 bits per heavy atom. The largest absolute Gasteiger partial charge is 0.395 e. The van der Waals surface area contributed by atoms with E-state index in [1.54, 1.807) is 6.07 Å². The lowest BCUT2D eigenvalue weighted by atomic mass is 10.0. The van der Waals surface area contributed by atoms with E-state index < -0.39 is 0 Å². The van der Waals surface area contributed by atoms with Crippen LogP contribution in [0.15, 0.2) is 48.5 Å². The van der Waals surface area contributed by atoms with Crippen molar-refractivity contribution in [2.45, 2.75) is 25.4 Å². The molecule has 2 aromatic carbocycles. The summed E-state index contributed by atoms with van der Waals surface area (Å²) >= 11 is 6.07. The van der Waals surface area contributed by atoms with Crippen molar-refractivity contribution in [3.8, 4) is 0 Å². The molecule has 0 bridgehead atoms. The van der Waals surface area contributed by atoms with Crippen LogP contribution in [0.4, 0.5) is 4.39 Å². The van der Waals surface area contributed by atoms with Crippen LogP contribution < -0.4 is 5.32 Å². The van der Waals surface area contributed by atoms with E-state index in [-0.39, 0.29) is 24.5 Å². The molecule has 2 atom stereocenters. The lowest BCUT2D eigenvalue weighted by Crippen LogP contribution is -2.36. The van der Waals surface area contributed by atoms with Crippen molar-refractivity contribution in [2.24, 2.45) is 0 Å². The zero-order chi connectivity index (χ0) is 15.2. The average molecular weight is 308 g/mol. The highest BCUT2D eigenvalue weighted by Crippen LogP contribution is 2.24. The number of halogens is 2. The van der Waals surface area contributed by atoms with Crippen molar-refractivity contribution < 1.29 is 9.50 Å². The van der Waals surface area contributed by atoms with Gasteiger partial charge in [-0.1, -0.05) is 48.0 Å². The van der Waals surface area contributed by atoms with E-state index in [1.165, 1.54) is 12.1 Å². The zero-order valence-corrected chi connectivity index (χ0v) is 12.6. The maximum atomic E-state index is 13.1. The monoisotopic (exact) mass is 307 g/mol. The fourth-order valence-electron chi connectivity index (χ4n) is 2.37. The molecule has 2 N–H and O–H groups in total. The fourth-order valence-corrected chi connectivity index (χ4v) is 2.70. The SMILES string of the molecule is CC(N[C@@H](CO)Cc1ccccc1)c1ccc(F)cc1Cl. The predicted molar refractivity (Wildman–Crippen MR) is 84.0 cm³/mol. The van der Waals surface area contributed by atoms with Crippen molar-refractivity contribution in [1.82, 2.24) is 5.32 Å². The van der Waals surface area contributed by atoms with E-state index in [0.29, 0.717) is 5.02 Å². The summed E-state index contributed by atoms with van der Waals surface area (Å²) in [6, 6.07) is 14.2. The quantitative estimate of drug-likeness (QED) is 0.852. The van der Waals surface area contributed by atoms with Gasteiger partial charge in [0.25, 0.3) is 0 Å². The van der Waals surface area contributed by atoms with Crippen LogP contribution in [0.25, 0.3) is 0 Å². The van der Waals surface area contributed by atoms with Gasteiger partial charge < -0.3 is 10.4 Å². The van der Waals surface area contributed by atoms with Crippen LogP contribution in [-0.2, 0) is 6.42 Å². The lowest BCUT2D eigenvalue weighted by Gasteiger charge is -2.23. The number of aliphatic hydroxyl groups is 1. The molecule has 0 aliphatic rings. The van der Waals surface area contributed by atoms with E-state index in [0.717, 1.165) is 17.5 Å². The number of rotatable bonds is 6. The molecule has 0 fully saturated rings. The third kappa shape index (κ3) is 4.53. The first-order valence-electron chi connectivity index (χ1n) is 6.96. The van der Waals surface area contributed by atoms with Crippen LogP contribution >= 0.6 is 11.6 Å². The molecule has 0 aromatic heterocycles. The molecule has 112 valence electrons. The molecule has 0 aliphatic carbocycles. The summed E-state index contributed by atoms with van der Waals surface area (Å²) in [4.78, 5) is 0. The van der Waals surface area contributed by atoms with E-state index in [1.807, 2.05) is 37.3 Å². The van der Waals surface area contributed by atoms with Gasteiger partial charge in [0.2, 0.25) is 0 Å². The molecule has 0 amide bonds. The number of hydrogen-bond donors (Lipinski definition) is 2. The molecule has 1 unspecified atom stereocenters. The van der Waals surface area contributed by atoms with Crippen molar-refractivity contribution in [3.63, 3.8) is 0 Å². The predicted octanol–water partition coefficient (Wildman–Crippen LogP) is 3.73. The van der Waals surface area contributed by atoms with Crippen molar-refractivity contribution in [1.29, 1.82) is 0 Å². The van der Waals surface area contributed by atoms with Crippen molar-refractivity contribution in [3.05, 3.63) is 70.5 Å². The summed E-state index contributed by atoms with van der Waals surface area (Å²) in [5.41, 5.74) is 1.98. The van der Waals surface area contributed by atoms with E-state index in [9.17, 15) is 9.50 Å². The molecule has 21 heavy (non-hydrogen) atoms. The molecule has 0 aliphatic heterocycles. The average Bonchev–Trinajstić information content (AvgIpc) is 2.47. The standard InChI is InChI=1S/C17H19ClFNO/c1-12(16-8-7-14(19)10-17(16)18)20-15(11-21)9-13-5-3-2-4-6-13/h2-8,10,12,15,20-21H,9,11H2,1H3/t12?,15-/m1/s1. The topological polar surface area (TPSA) is 32.3 Å². The Morgan fingerprint density at radius 1 is 1.19 bits per heavy atom. The molecule has 4 heteroatoms. The molecule has 2 aromatic rings. The van der Waals surface area contributed by atoms with Crippen LogP contribution in [-0.4, -0.2) is 17.8 Å². The highest BCUT2D eigenvalue weighted by Gasteiger charge is 2.15. The van der Waals surface area contributed by atoms with Gasteiger partial charge in [0.15, 0.2) is 0 Å². The molecule has 0 spiro atoms. The summed E-state index contributed by atoms with van der Waals surface area (Å²) in [7, 11) is 0. The second kappa shape index (κ2) is 7.55. The molecule has 0 heterocycles. The Labute approximate surface area is 129 Å². The maximum Gasteiger partial charge on any atom is 0.124 e. The number of hydrogen-bond acceptors (Lipinski definition) is 2. The smallest absolute Gasteiger partial charge is 0.124 e. The van der Waals surface area contributed by atoms with Crippen LogP contribution in [0.3, 0.4) is 0 Å². The van der Waals surface area contributed by atoms with Gasteiger partial charge in [0.1, 0.15) is 5.82 Å². The molecule has 0 radical (unpaired) electrons. The Kier molecular flexibility index (Phi) is 5.74. The summed E-state index contributed by atoms with van der Waals surface area (Å²) in [6.07, 6.45) is 0.723. The number of nitrogens with one attached hydrogen (secondary N) is 1. The minimum Gasteiger partial charge on any atom is -0.395 e. The van der Waals surface area contributed by atoms with Crippen LogP contribution in [0.2, 0.25) is 5.02 Å². The first-order chi connectivity index (χ1) is 10.1. The molecule has 0 saturated heterocycles. The molecule has 2 nitrogen and oxygen atoms in total. The van der Waals surface area contributed by atoms with Crippen molar-refractivity contribution >= 4 is 11.6 Å². The highest BCUT2D eigenvalue weighted by atomic mass is 35.5. The van der Waals surface area contributed by atoms with Crippen molar-refractivity contribution in [2.75, 3.05) is 6.61 Å². The van der Waals surface area contributed by atoms with Gasteiger partial charge in [0, 0.05) is 17.1 Å². The normalized spacial score (nSPS) is 13.9. The van der Waals surface area contributed by atoms with E-state index in [2.05, 4.69) is 5.32 Å². The molecular weight excluding hydrogens is 289 g/mol. The van der Waals surface area contributed by atoms with E-state index >= 15 is 0 Å². The van der Waals surface area contributed by atoms with Gasteiger partial charge in [0.05, 0.1) is 6.61 Å². The van der Waals surface area contributed by atoms with Gasteiger partial charge in [-0.15, -0.1) is 0 Å². The number of benzene rings is 2. The van der Waals surface area contributed by atoms with Gasteiger partial charge >= 0.3 is 0 Å². The minimum atomic E-state index is -0.348. The highest BCUT2D eigenvalue weighted by molar-refractivity contribution is 6.31. The maximum absolute atomic E-state index is 13.1. The Balaban J connectivity index is 2.04. The van der Waals surface area contributed by atoms with Gasteiger partial charge in [-0.3, -0.25) is 0 Å². The van der Waals surface area contributed by atoms with Gasteiger partial charge in [-0.05, 0) is 36.6 Å². The first-order valence-corrected chi connectivity index (χ1v) is 7.33. The summed E-state index contributed by atoms with van der Waals surface area (Å²) in [5, 5.41) is 13.3. The minimum absolute atomic E-state index is 0.0258. The van der Waals surface area contributed by atoms with Gasteiger partial charge in [-0.2, -0.15) is 0 Å². The number of aliphatic hydroxyl groups excluding tert-OH is 1. The van der Waals surface area contributed by atoms with Gasteiger partial charge in [-0.25, -0.2) is 4.39 Å². The fraction of sp³-hybridized carbons (Fsp3) is 0.294. The third-order valence-electron chi connectivity index (χ3n) is 3.46. The first kappa shape index (κ1) is 16.0. The van der Waals surface area contributed by atoms with Crippen LogP contribution in [0.1, 0.15) is 24.1 Å². The Hall–Kier alpha value is -1.42. The third-order valence-corrected chi connectivity index (χ3v) is 3.79. The second-order valence-electron chi connectivity index (χ2n) is 5.12. The summed E-state index contributed by atoms with van der Waals surface area (Å²) < 4.78 is 13.1. The summed E-state index contributed by atoms with van der Waals surface area (Å²) in [6.45, 7) is 1.98. The Morgan fingerprint density at radius 3 is 2.52 bits per heavy atom. The van der Waals surface area contributed by atoms with Crippen LogP contribution in [0.5, 0.6) is 0 Å². The molecular formula is C17H19ClFNO. The van der Waals surface area contributed by atoms with Crippen LogP contribution in [0, 0.1) is 5.82 Å². The molecule has 0 saturated carbocycles. The summed E-state index contributed by atoms with van der Waals surface area (Å²) in [5.74, 6) is -0.348. The second-order valence-corrected chi connectivity index (χ2v) is 5.53.